The molecule has 7 heteroatoms. The van der Waals surface area contributed by atoms with Gasteiger partial charge in [-0.1, -0.05) is 24.3 Å². The van der Waals surface area contributed by atoms with Gasteiger partial charge in [0.15, 0.2) is 0 Å². The third kappa shape index (κ3) is 5.62. The third-order valence-corrected chi connectivity index (χ3v) is 4.31. The normalized spacial score (nSPS) is 11.4. The first kappa shape index (κ1) is 20.0. The highest BCUT2D eigenvalue weighted by Crippen LogP contribution is 2.21. The average molecular weight is 392 g/mol. The van der Waals surface area contributed by atoms with Crippen molar-refractivity contribution in [3.8, 4) is 0 Å². The SMILES string of the molecule is Cc1ccc(C(C)NC(=O)Nc2cc(NC(=O)Nc3ccccc3)ccc2C)o1. The Labute approximate surface area is 169 Å². The van der Waals surface area contributed by atoms with Crippen LogP contribution in [0, 0.1) is 13.8 Å². The number of carbonyl (C=O) groups excluding carboxylic acids is 2. The molecule has 2 aromatic carbocycles. The molecule has 3 rings (SSSR count). The lowest BCUT2D eigenvalue weighted by Crippen LogP contribution is -2.31. The van der Waals surface area contributed by atoms with Crippen molar-refractivity contribution in [3.63, 3.8) is 0 Å². The summed E-state index contributed by atoms with van der Waals surface area (Å²) in [5.41, 5.74) is 2.73. The molecule has 1 heterocycles. The first-order valence-corrected chi connectivity index (χ1v) is 9.28. The predicted octanol–water partition coefficient (Wildman–Crippen LogP) is 5.42. The Morgan fingerprint density at radius 3 is 2.24 bits per heavy atom. The molecule has 0 fully saturated rings. The number of nitrogens with one attached hydrogen (secondary N) is 4. The maximum absolute atomic E-state index is 12.4. The van der Waals surface area contributed by atoms with Gasteiger partial charge in [0, 0.05) is 17.1 Å². The Bertz CT molecular complexity index is 998. The highest BCUT2D eigenvalue weighted by Gasteiger charge is 2.14. The molecule has 3 aromatic rings. The van der Waals surface area contributed by atoms with Gasteiger partial charge in [0.25, 0.3) is 0 Å². The number of amides is 4. The number of carbonyl (C=O) groups is 2. The van der Waals surface area contributed by atoms with Crippen LogP contribution in [0.15, 0.2) is 65.1 Å². The molecule has 1 aromatic heterocycles. The van der Waals surface area contributed by atoms with Crippen molar-refractivity contribution in [1.82, 2.24) is 5.32 Å². The van der Waals surface area contributed by atoms with E-state index >= 15 is 0 Å². The van der Waals surface area contributed by atoms with Crippen molar-refractivity contribution >= 4 is 29.1 Å². The molecule has 4 N–H and O–H groups in total. The van der Waals surface area contributed by atoms with E-state index in [0.29, 0.717) is 22.8 Å². The molecule has 0 saturated heterocycles. The molecular weight excluding hydrogens is 368 g/mol. The van der Waals surface area contributed by atoms with Crippen LogP contribution in [0.1, 0.15) is 30.0 Å². The molecule has 0 saturated carbocycles. The predicted molar refractivity (Wildman–Crippen MR) is 114 cm³/mol. The summed E-state index contributed by atoms with van der Waals surface area (Å²) in [7, 11) is 0. The number of aryl methyl sites for hydroxylation is 2. The Morgan fingerprint density at radius 1 is 0.828 bits per heavy atom. The maximum Gasteiger partial charge on any atom is 0.323 e. The lowest BCUT2D eigenvalue weighted by molar-refractivity contribution is 0.247. The van der Waals surface area contributed by atoms with Crippen molar-refractivity contribution in [2.45, 2.75) is 26.8 Å². The van der Waals surface area contributed by atoms with Crippen molar-refractivity contribution in [2.75, 3.05) is 16.0 Å². The lowest BCUT2D eigenvalue weighted by Gasteiger charge is -2.15. The molecule has 4 amide bonds. The Kier molecular flexibility index (Phi) is 6.19. The van der Waals surface area contributed by atoms with Gasteiger partial charge in [0.05, 0.1) is 6.04 Å². The van der Waals surface area contributed by atoms with Crippen LogP contribution >= 0.6 is 0 Å². The number of rotatable bonds is 5. The molecule has 0 aliphatic heterocycles. The minimum atomic E-state index is -0.364. The number of benzene rings is 2. The summed E-state index contributed by atoms with van der Waals surface area (Å²) in [5, 5.41) is 11.2. The van der Waals surface area contributed by atoms with E-state index in [2.05, 4.69) is 21.3 Å². The van der Waals surface area contributed by atoms with Crippen molar-refractivity contribution in [1.29, 1.82) is 0 Å². The van der Waals surface area contributed by atoms with E-state index in [1.54, 1.807) is 24.3 Å². The highest BCUT2D eigenvalue weighted by molar-refractivity contribution is 6.00. The fourth-order valence-corrected chi connectivity index (χ4v) is 2.76. The second-order valence-corrected chi connectivity index (χ2v) is 6.74. The lowest BCUT2D eigenvalue weighted by atomic mass is 10.2. The van der Waals surface area contributed by atoms with Crippen LogP contribution in [-0.2, 0) is 0 Å². The zero-order chi connectivity index (χ0) is 20.8. The summed E-state index contributed by atoms with van der Waals surface area (Å²) >= 11 is 0. The molecule has 1 atom stereocenters. The molecule has 0 radical (unpaired) electrons. The van der Waals surface area contributed by atoms with Gasteiger partial charge in [0.1, 0.15) is 11.5 Å². The van der Waals surface area contributed by atoms with Gasteiger partial charge in [-0.15, -0.1) is 0 Å². The van der Waals surface area contributed by atoms with Crippen molar-refractivity contribution in [2.24, 2.45) is 0 Å². The number of hydrogen-bond acceptors (Lipinski definition) is 3. The van der Waals surface area contributed by atoms with Gasteiger partial charge < -0.3 is 25.7 Å². The minimum absolute atomic E-state index is 0.276. The van der Waals surface area contributed by atoms with Gasteiger partial charge in [-0.3, -0.25) is 0 Å². The molecular formula is C22H24N4O3. The number of para-hydroxylation sites is 1. The molecule has 150 valence electrons. The number of urea groups is 2. The van der Waals surface area contributed by atoms with Gasteiger partial charge in [-0.25, -0.2) is 9.59 Å². The van der Waals surface area contributed by atoms with E-state index in [-0.39, 0.29) is 18.1 Å². The minimum Gasteiger partial charge on any atom is -0.464 e. The third-order valence-electron chi connectivity index (χ3n) is 4.31. The highest BCUT2D eigenvalue weighted by atomic mass is 16.3. The fraction of sp³-hybridized carbons (Fsp3) is 0.182. The van der Waals surface area contributed by atoms with Crippen molar-refractivity contribution < 1.29 is 14.0 Å². The van der Waals surface area contributed by atoms with Crippen LogP contribution in [0.5, 0.6) is 0 Å². The standard InChI is InChI=1S/C22H24N4O3/c1-14-9-11-18(25-22(28)24-17-7-5-4-6-8-17)13-19(14)26-21(27)23-16(3)20-12-10-15(2)29-20/h4-13,16H,1-3H3,(H2,23,26,27)(H2,24,25,28). The molecule has 0 aliphatic carbocycles. The smallest absolute Gasteiger partial charge is 0.323 e. The summed E-state index contributed by atoms with van der Waals surface area (Å²) < 4.78 is 5.53. The zero-order valence-electron chi connectivity index (χ0n) is 16.6. The quantitative estimate of drug-likeness (QED) is 0.467. The Balaban J connectivity index is 1.61. The van der Waals surface area contributed by atoms with E-state index < -0.39 is 0 Å². The van der Waals surface area contributed by atoms with Gasteiger partial charge in [-0.05, 0) is 62.7 Å². The van der Waals surface area contributed by atoms with E-state index in [0.717, 1.165) is 11.3 Å². The number of anilines is 3. The van der Waals surface area contributed by atoms with Crippen LogP contribution < -0.4 is 21.3 Å². The van der Waals surface area contributed by atoms with E-state index in [1.807, 2.05) is 57.2 Å². The van der Waals surface area contributed by atoms with Crippen LogP contribution in [0.25, 0.3) is 0 Å². The van der Waals surface area contributed by atoms with Crippen LogP contribution in [0.4, 0.5) is 26.7 Å². The maximum atomic E-state index is 12.4. The largest absolute Gasteiger partial charge is 0.464 e. The second kappa shape index (κ2) is 8.97. The average Bonchev–Trinajstić information content (AvgIpc) is 3.12. The van der Waals surface area contributed by atoms with Crippen LogP contribution in [0.3, 0.4) is 0 Å². The van der Waals surface area contributed by atoms with Crippen LogP contribution in [-0.4, -0.2) is 12.1 Å². The molecule has 0 aliphatic rings. The molecule has 7 nitrogen and oxygen atoms in total. The van der Waals surface area contributed by atoms with E-state index in [4.69, 9.17) is 4.42 Å². The molecule has 29 heavy (non-hydrogen) atoms. The van der Waals surface area contributed by atoms with E-state index in [9.17, 15) is 9.59 Å². The summed E-state index contributed by atoms with van der Waals surface area (Å²) in [6.45, 7) is 5.57. The molecule has 1 unspecified atom stereocenters. The number of furan rings is 1. The Hall–Kier alpha value is -3.74. The summed E-state index contributed by atoms with van der Waals surface area (Å²) in [5.74, 6) is 1.47. The first-order valence-electron chi connectivity index (χ1n) is 9.28. The Morgan fingerprint density at radius 2 is 1.55 bits per heavy atom. The van der Waals surface area contributed by atoms with Crippen LogP contribution in [0.2, 0.25) is 0 Å². The molecule has 0 spiro atoms. The van der Waals surface area contributed by atoms with Gasteiger partial charge in [0.2, 0.25) is 0 Å². The second-order valence-electron chi connectivity index (χ2n) is 6.74. The van der Waals surface area contributed by atoms with Gasteiger partial charge >= 0.3 is 12.1 Å². The monoisotopic (exact) mass is 392 g/mol. The molecule has 0 bridgehead atoms. The van der Waals surface area contributed by atoms with Crippen molar-refractivity contribution in [3.05, 3.63) is 77.7 Å². The first-order chi connectivity index (χ1) is 13.9. The summed E-state index contributed by atoms with van der Waals surface area (Å²) in [4.78, 5) is 24.5. The number of hydrogen-bond donors (Lipinski definition) is 4. The van der Waals surface area contributed by atoms with Gasteiger partial charge in [-0.2, -0.15) is 0 Å². The topological polar surface area (TPSA) is 95.4 Å². The van der Waals surface area contributed by atoms with E-state index in [1.165, 1.54) is 0 Å². The zero-order valence-corrected chi connectivity index (χ0v) is 16.6. The summed E-state index contributed by atoms with van der Waals surface area (Å²) in [6, 6.07) is 17.2. The fourth-order valence-electron chi connectivity index (χ4n) is 2.76. The summed E-state index contributed by atoms with van der Waals surface area (Å²) in [6.07, 6.45) is 0.